The van der Waals surface area contributed by atoms with Crippen molar-refractivity contribution in [3.63, 3.8) is 0 Å². The van der Waals surface area contributed by atoms with Crippen molar-refractivity contribution in [3.8, 4) is 0 Å². The normalized spacial score (nSPS) is 18.4. The first-order chi connectivity index (χ1) is 9.60. The number of rotatable bonds is 5. The van der Waals surface area contributed by atoms with Crippen LogP contribution >= 0.6 is 11.6 Å². The lowest BCUT2D eigenvalue weighted by molar-refractivity contribution is -0.121. The van der Waals surface area contributed by atoms with Crippen molar-refractivity contribution in [2.24, 2.45) is 0 Å². The van der Waals surface area contributed by atoms with Gasteiger partial charge in [-0.2, -0.15) is 0 Å². The van der Waals surface area contributed by atoms with E-state index >= 15 is 0 Å². The van der Waals surface area contributed by atoms with Crippen LogP contribution in [0.5, 0.6) is 0 Å². The first kappa shape index (κ1) is 14.9. The number of nitrogens with one attached hydrogen (secondary N) is 1. The van der Waals surface area contributed by atoms with Gasteiger partial charge < -0.3 is 10.2 Å². The van der Waals surface area contributed by atoms with Gasteiger partial charge >= 0.3 is 0 Å². The summed E-state index contributed by atoms with van der Waals surface area (Å²) in [6.07, 6.45) is 2.77. The van der Waals surface area contributed by atoms with Crippen LogP contribution in [0.15, 0.2) is 24.3 Å². The van der Waals surface area contributed by atoms with Crippen LogP contribution in [0.3, 0.4) is 0 Å². The fraction of sp³-hybridized carbons (Fsp3) is 0.467. The molecule has 1 fully saturated rings. The number of anilines is 1. The molecule has 0 spiro atoms. The van der Waals surface area contributed by atoms with Crippen molar-refractivity contribution in [2.45, 2.75) is 38.6 Å². The van der Waals surface area contributed by atoms with E-state index in [4.69, 9.17) is 11.6 Å². The molecule has 108 valence electrons. The van der Waals surface area contributed by atoms with E-state index in [1.807, 2.05) is 12.1 Å². The summed E-state index contributed by atoms with van der Waals surface area (Å²) in [6, 6.07) is 7.07. The van der Waals surface area contributed by atoms with Crippen LogP contribution in [0.25, 0.3) is 0 Å². The maximum absolute atomic E-state index is 12.0. The number of nitrogens with zero attached hydrogens (tertiary/aromatic N) is 1. The van der Waals surface area contributed by atoms with Crippen LogP contribution in [0.4, 0.5) is 5.69 Å². The number of unbranched alkanes of at least 4 members (excludes halogenated alkanes) is 1. The Morgan fingerprint density at radius 2 is 2.10 bits per heavy atom. The Morgan fingerprint density at radius 1 is 1.40 bits per heavy atom. The van der Waals surface area contributed by atoms with E-state index in [0.29, 0.717) is 24.4 Å². The Balaban J connectivity index is 1.93. The zero-order chi connectivity index (χ0) is 14.5. The molecule has 5 heteroatoms. The first-order valence-corrected chi connectivity index (χ1v) is 7.33. The molecule has 1 atom stereocenters. The minimum atomic E-state index is -0.0949. The minimum absolute atomic E-state index is 0.0302. The van der Waals surface area contributed by atoms with Gasteiger partial charge in [-0.25, -0.2) is 0 Å². The molecular weight excluding hydrogens is 276 g/mol. The van der Waals surface area contributed by atoms with E-state index in [-0.39, 0.29) is 17.9 Å². The summed E-state index contributed by atoms with van der Waals surface area (Å²) in [5, 5.41) is 3.57. The van der Waals surface area contributed by atoms with Gasteiger partial charge in [0.2, 0.25) is 11.8 Å². The van der Waals surface area contributed by atoms with Gasteiger partial charge in [0.05, 0.1) is 6.04 Å². The third-order valence-electron chi connectivity index (χ3n) is 3.39. The predicted molar refractivity (Wildman–Crippen MR) is 79.9 cm³/mol. The highest BCUT2D eigenvalue weighted by Gasteiger charge is 2.31. The maximum Gasteiger partial charge on any atom is 0.229 e. The highest BCUT2D eigenvalue weighted by molar-refractivity contribution is 6.30. The molecule has 0 saturated carbocycles. The summed E-state index contributed by atoms with van der Waals surface area (Å²) in [5.41, 5.74) is 0.824. The maximum atomic E-state index is 12.0. The molecule has 1 unspecified atom stereocenters. The van der Waals surface area contributed by atoms with Crippen LogP contribution in [-0.4, -0.2) is 24.4 Å². The Bertz CT molecular complexity index is 487. The van der Waals surface area contributed by atoms with Crippen LogP contribution < -0.4 is 10.2 Å². The van der Waals surface area contributed by atoms with Gasteiger partial charge in [0, 0.05) is 30.1 Å². The Hall–Kier alpha value is -1.55. The molecule has 20 heavy (non-hydrogen) atoms. The molecule has 1 aromatic rings. The van der Waals surface area contributed by atoms with E-state index in [0.717, 1.165) is 18.5 Å². The molecule has 1 aliphatic rings. The number of halogens is 1. The number of carbonyl (C=O) groups excluding carboxylic acids is 2. The lowest BCUT2D eigenvalue weighted by Crippen LogP contribution is -2.37. The summed E-state index contributed by atoms with van der Waals surface area (Å²) >= 11 is 5.84. The molecule has 0 aromatic heterocycles. The molecule has 0 bridgehead atoms. The second-order valence-electron chi connectivity index (χ2n) is 5.05. The summed E-state index contributed by atoms with van der Waals surface area (Å²) in [5.74, 6) is 0.0655. The lowest BCUT2D eigenvalue weighted by atomic mass is 10.2. The molecule has 1 heterocycles. The second-order valence-corrected chi connectivity index (χ2v) is 5.49. The fourth-order valence-corrected chi connectivity index (χ4v) is 2.44. The van der Waals surface area contributed by atoms with Crippen molar-refractivity contribution in [1.29, 1.82) is 0 Å². The fourth-order valence-electron chi connectivity index (χ4n) is 2.31. The summed E-state index contributed by atoms with van der Waals surface area (Å²) in [6.45, 7) is 2.58. The smallest absolute Gasteiger partial charge is 0.229 e. The molecule has 0 aliphatic carbocycles. The first-order valence-electron chi connectivity index (χ1n) is 6.95. The average molecular weight is 295 g/mol. The molecular formula is C15H19ClN2O2. The van der Waals surface area contributed by atoms with Crippen LogP contribution in [0.1, 0.15) is 32.6 Å². The predicted octanol–water partition coefficient (Wildman–Crippen LogP) is 2.75. The molecule has 0 radical (unpaired) electrons. The highest BCUT2D eigenvalue weighted by Crippen LogP contribution is 2.23. The average Bonchev–Trinajstić information content (AvgIpc) is 2.78. The molecule has 1 aromatic carbocycles. The third kappa shape index (κ3) is 3.73. The van der Waals surface area contributed by atoms with Gasteiger partial charge in [0.15, 0.2) is 0 Å². The highest BCUT2D eigenvalue weighted by atomic mass is 35.5. The van der Waals surface area contributed by atoms with E-state index in [1.54, 1.807) is 17.0 Å². The molecule has 4 nitrogen and oxygen atoms in total. The summed E-state index contributed by atoms with van der Waals surface area (Å²) in [4.78, 5) is 25.4. The van der Waals surface area contributed by atoms with E-state index in [9.17, 15) is 9.59 Å². The SMILES string of the molecule is CCCCC(=O)NC1CC(=O)N(c2ccc(Cl)cc2)C1. The number of benzene rings is 1. The van der Waals surface area contributed by atoms with Crippen molar-refractivity contribution in [3.05, 3.63) is 29.3 Å². The van der Waals surface area contributed by atoms with Gasteiger partial charge in [-0.05, 0) is 30.7 Å². The number of hydrogen-bond donors (Lipinski definition) is 1. The Morgan fingerprint density at radius 3 is 2.75 bits per heavy atom. The quantitative estimate of drug-likeness (QED) is 0.908. The monoisotopic (exact) mass is 294 g/mol. The van der Waals surface area contributed by atoms with Gasteiger partial charge in [-0.15, -0.1) is 0 Å². The Kier molecular flexibility index (Phi) is 5.01. The van der Waals surface area contributed by atoms with Crippen molar-refractivity contribution >= 4 is 29.1 Å². The van der Waals surface area contributed by atoms with Crippen LogP contribution in [0.2, 0.25) is 5.02 Å². The lowest BCUT2D eigenvalue weighted by Gasteiger charge is -2.17. The zero-order valence-electron chi connectivity index (χ0n) is 11.6. The van der Waals surface area contributed by atoms with Crippen LogP contribution in [-0.2, 0) is 9.59 Å². The van der Waals surface area contributed by atoms with Crippen molar-refractivity contribution in [2.75, 3.05) is 11.4 Å². The largest absolute Gasteiger partial charge is 0.351 e. The number of amides is 2. The van der Waals surface area contributed by atoms with E-state index in [2.05, 4.69) is 12.2 Å². The van der Waals surface area contributed by atoms with Gasteiger partial charge in [0.1, 0.15) is 0 Å². The zero-order valence-corrected chi connectivity index (χ0v) is 12.3. The second kappa shape index (κ2) is 6.75. The molecule has 1 aliphatic heterocycles. The molecule has 1 saturated heterocycles. The van der Waals surface area contributed by atoms with E-state index in [1.165, 1.54) is 0 Å². The number of hydrogen-bond acceptors (Lipinski definition) is 2. The van der Waals surface area contributed by atoms with Gasteiger partial charge in [-0.3, -0.25) is 9.59 Å². The minimum Gasteiger partial charge on any atom is -0.351 e. The number of carbonyl (C=O) groups is 2. The van der Waals surface area contributed by atoms with Crippen molar-refractivity contribution < 1.29 is 9.59 Å². The van der Waals surface area contributed by atoms with E-state index < -0.39 is 0 Å². The van der Waals surface area contributed by atoms with Crippen LogP contribution in [0, 0.1) is 0 Å². The topological polar surface area (TPSA) is 49.4 Å². The van der Waals surface area contributed by atoms with Gasteiger partial charge in [-0.1, -0.05) is 24.9 Å². The summed E-state index contributed by atoms with van der Waals surface area (Å²) < 4.78 is 0. The molecule has 2 rings (SSSR count). The summed E-state index contributed by atoms with van der Waals surface area (Å²) in [7, 11) is 0. The molecule has 2 amide bonds. The Labute approximate surface area is 124 Å². The standard InChI is InChI=1S/C15H19ClN2O2/c1-2-3-4-14(19)17-12-9-15(20)18(10-12)13-7-5-11(16)6-8-13/h5-8,12H,2-4,9-10H2,1H3,(H,17,19). The van der Waals surface area contributed by atoms with Gasteiger partial charge in [0.25, 0.3) is 0 Å². The third-order valence-corrected chi connectivity index (χ3v) is 3.64. The van der Waals surface area contributed by atoms with Crippen molar-refractivity contribution in [1.82, 2.24) is 5.32 Å². The molecule has 1 N–H and O–H groups in total.